The number of carbonyl (C=O) groups is 2. The molecule has 1 unspecified atom stereocenters. The third-order valence-corrected chi connectivity index (χ3v) is 2.91. The highest BCUT2D eigenvalue weighted by Gasteiger charge is 2.28. The Balaban J connectivity index is 2.84. The van der Waals surface area contributed by atoms with Gasteiger partial charge in [-0.1, -0.05) is 37.3 Å². The minimum Gasteiger partial charge on any atom is -0.480 e. The van der Waals surface area contributed by atoms with Gasteiger partial charge in [0.05, 0.1) is 0 Å². The number of carboxylic acid groups (broad SMARTS) is 1. The van der Waals surface area contributed by atoms with Gasteiger partial charge in [0.15, 0.2) is 0 Å². The average molecular weight is 250 g/mol. The lowest BCUT2D eigenvalue weighted by molar-refractivity contribution is -0.149. The Kier molecular flexibility index (Phi) is 4.85. The van der Waals surface area contributed by atoms with Crippen LogP contribution in [0.25, 0.3) is 0 Å². The first-order chi connectivity index (χ1) is 8.49. The standard InChI is InChI=1S/C13H18N2O3/c1-3-10(13(17)18)15(2)12(16)11(14)9-7-5-4-6-8-9/h4-8,10-11H,3,14H2,1-2H3,(H,17,18)/t10?,11-/m0/s1. The number of hydrogen-bond donors (Lipinski definition) is 2. The fraction of sp³-hybridized carbons (Fsp3) is 0.385. The number of nitrogens with two attached hydrogens (primary N) is 1. The first kappa shape index (κ1) is 14.2. The van der Waals surface area contributed by atoms with Crippen molar-refractivity contribution in [3.63, 3.8) is 0 Å². The molecule has 1 rings (SSSR count). The van der Waals surface area contributed by atoms with Gasteiger partial charge in [-0.3, -0.25) is 4.79 Å². The predicted octanol–water partition coefficient (Wildman–Crippen LogP) is 1.01. The Morgan fingerprint density at radius 2 is 1.89 bits per heavy atom. The van der Waals surface area contributed by atoms with Crippen LogP contribution in [0.5, 0.6) is 0 Å². The molecule has 1 aromatic carbocycles. The molecule has 0 aliphatic carbocycles. The molecule has 5 nitrogen and oxygen atoms in total. The molecule has 98 valence electrons. The van der Waals surface area contributed by atoms with Gasteiger partial charge in [-0.15, -0.1) is 0 Å². The van der Waals surface area contributed by atoms with Gasteiger partial charge in [0.25, 0.3) is 0 Å². The fourth-order valence-electron chi connectivity index (χ4n) is 1.79. The van der Waals surface area contributed by atoms with Crippen molar-refractivity contribution in [2.45, 2.75) is 25.4 Å². The van der Waals surface area contributed by atoms with Crippen LogP contribution in [-0.4, -0.2) is 35.0 Å². The summed E-state index contributed by atoms with van der Waals surface area (Å²) in [5.74, 6) is -1.41. The largest absolute Gasteiger partial charge is 0.480 e. The molecule has 0 aliphatic rings. The van der Waals surface area contributed by atoms with E-state index in [-0.39, 0.29) is 0 Å². The molecule has 3 N–H and O–H groups in total. The van der Waals surface area contributed by atoms with Crippen LogP contribution in [0.4, 0.5) is 0 Å². The molecular weight excluding hydrogens is 232 g/mol. The Labute approximate surface area is 106 Å². The molecule has 0 saturated heterocycles. The molecule has 0 radical (unpaired) electrons. The zero-order chi connectivity index (χ0) is 13.7. The third-order valence-electron chi connectivity index (χ3n) is 2.91. The molecule has 0 saturated carbocycles. The number of aliphatic carboxylic acids is 1. The number of hydrogen-bond acceptors (Lipinski definition) is 3. The number of likely N-dealkylation sites (N-methyl/N-ethyl adjacent to an activating group) is 1. The van der Waals surface area contributed by atoms with Gasteiger partial charge in [0.1, 0.15) is 12.1 Å². The van der Waals surface area contributed by atoms with E-state index in [2.05, 4.69) is 0 Å². The minimum absolute atomic E-state index is 0.346. The number of rotatable bonds is 5. The van der Waals surface area contributed by atoms with Gasteiger partial charge in [0, 0.05) is 7.05 Å². The van der Waals surface area contributed by atoms with E-state index in [9.17, 15) is 9.59 Å². The third kappa shape index (κ3) is 3.07. The lowest BCUT2D eigenvalue weighted by atomic mass is 10.1. The van der Waals surface area contributed by atoms with Crippen LogP contribution < -0.4 is 5.73 Å². The zero-order valence-corrected chi connectivity index (χ0v) is 10.5. The number of amides is 1. The summed E-state index contributed by atoms with van der Waals surface area (Å²) >= 11 is 0. The summed E-state index contributed by atoms with van der Waals surface area (Å²) in [7, 11) is 1.47. The van der Waals surface area contributed by atoms with E-state index in [1.807, 2.05) is 6.07 Å². The number of carboxylic acids is 1. The smallest absolute Gasteiger partial charge is 0.326 e. The predicted molar refractivity (Wildman–Crippen MR) is 67.9 cm³/mol. The topological polar surface area (TPSA) is 83.6 Å². The van der Waals surface area contributed by atoms with Crippen LogP contribution >= 0.6 is 0 Å². The van der Waals surface area contributed by atoms with Crippen molar-refractivity contribution in [3.8, 4) is 0 Å². The average Bonchev–Trinajstić information content (AvgIpc) is 2.38. The van der Waals surface area contributed by atoms with Crippen molar-refractivity contribution < 1.29 is 14.7 Å². The number of carbonyl (C=O) groups excluding carboxylic acids is 1. The van der Waals surface area contributed by atoms with Crippen molar-refractivity contribution in [2.24, 2.45) is 5.73 Å². The lowest BCUT2D eigenvalue weighted by Gasteiger charge is -2.26. The second-order valence-corrected chi connectivity index (χ2v) is 4.10. The van der Waals surface area contributed by atoms with Gasteiger partial charge in [-0.25, -0.2) is 4.79 Å². The molecule has 1 amide bonds. The molecule has 0 bridgehead atoms. The monoisotopic (exact) mass is 250 g/mol. The number of benzene rings is 1. The lowest BCUT2D eigenvalue weighted by Crippen LogP contribution is -2.45. The van der Waals surface area contributed by atoms with Crippen molar-refractivity contribution in [1.29, 1.82) is 0 Å². The zero-order valence-electron chi connectivity index (χ0n) is 10.5. The highest BCUT2D eigenvalue weighted by atomic mass is 16.4. The summed E-state index contributed by atoms with van der Waals surface area (Å²) in [5.41, 5.74) is 6.52. The van der Waals surface area contributed by atoms with E-state index in [1.165, 1.54) is 11.9 Å². The van der Waals surface area contributed by atoms with Gasteiger partial charge < -0.3 is 15.7 Å². The van der Waals surface area contributed by atoms with Gasteiger partial charge in [0.2, 0.25) is 5.91 Å². The van der Waals surface area contributed by atoms with Crippen LogP contribution in [-0.2, 0) is 9.59 Å². The van der Waals surface area contributed by atoms with E-state index in [4.69, 9.17) is 10.8 Å². The second-order valence-electron chi connectivity index (χ2n) is 4.10. The quantitative estimate of drug-likeness (QED) is 0.816. The van der Waals surface area contributed by atoms with Crippen LogP contribution in [0.3, 0.4) is 0 Å². The summed E-state index contributed by atoms with van der Waals surface area (Å²) in [5, 5.41) is 9.01. The van der Waals surface area contributed by atoms with E-state index in [0.717, 1.165) is 0 Å². The van der Waals surface area contributed by atoms with Gasteiger partial charge >= 0.3 is 5.97 Å². The SMILES string of the molecule is CCC(C(=O)O)N(C)C(=O)[C@@H](N)c1ccccc1. The Bertz CT molecular complexity index is 420. The fourth-order valence-corrected chi connectivity index (χ4v) is 1.79. The molecule has 0 aromatic heterocycles. The van der Waals surface area contributed by atoms with E-state index in [1.54, 1.807) is 31.2 Å². The van der Waals surface area contributed by atoms with Crippen molar-refractivity contribution in [1.82, 2.24) is 4.90 Å². The first-order valence-electron chi connectivity index (χ1n) is 5.79. The molecule has 18 heavy (non-hydrogen) atoms. The van der Waals surface area contributed by atoms with E-state index in [0.29, 0.717) is 12.0 Å². The van der Waals surface area contributed by atoms with E-state index < -0.39 is 24.0 Å². The minimum atomic E-state index is -1.02. The molecule has 5 heteroatoms. The van der Waals surface area contributed by atoms with Crippen LogP contribution in [0, 0.1) is 0 Å². The molecule has 0 aliphatic heterocycles. The van der Waals surface area contributed by atoms with Crippen molar-refractivity contribution in [3.05, 3.63) is 35.9 Å². The molecule has 0 heterocycles. The molecule has 0 fully saturated rings. The highest BCUT2D eigenvalue weighted by molar-refractivity contribution is 5.87. The number of nitrogens with zero attached hydrogens (tertiary/aromatic N) is 1. The first-order valence-corrected chi connectivity index (χ1v) is 5.79. The summed E-state index contributed by atoms with van der Waals surface area (Å²) < 4.78 is 0. The van der Waals surface area contributed by atoms with Crippen LogP contribution in [0.2, 0.25) is 0 Å². The summed E-state index contributed by atoms with van der Waals surface area (Å²) in [6.45, 7) is 1.72. The molecule has 1 aromatic rings. The van der Waals surface area contributed by atoms with Crippen LogP contribution in [0.1, 0.15) is 24.9 Å². The summed E-state index contributed by atoms with van der Waals surface area (Å²) in [4.78, 5) is 24.3. The second kappa shape index (κ2) is 6.16. The summed E-state index contributed by atoms with van der Waals surface area (Å²) in [6.07, 6.45) is 0.346. The Morgan fingerprint density at radius 3 is 2.33 bits per heavy atom. The van der Waals surface area contributed by atoms with Gasteiger partial charge in [-0.2, -0.15) is 0 Å². The Morgan fingerprint density at radius 1 is 1.33 bits per heavy atom. The summed E-state index contributed by atoms with van der Waals surface area (Å²) in [6, 6.07) is 7.23. The molecule has 0 spiro atoms. The maximum Gasteiger partial charge on any atom is 0.326 e. The van der Waals surface area contributed by atoms with E-state index >= 15 is 0 Å². The Hall–Kier alpha value is -1.88. The molecular formula is C13H18N2O3. The van der Waals surface area contributed by atoms with Gasteiger partial charge in [-0.05, 0) is 12.0 Å². The maximum atomic E-state index is 12.1. The van der Waals surface area contributed by atoms with Crippen LogP contribution in [0.15, 0.2) is 30.3 Å². The normalized spacial score (nSPS) is 13.7. The van der Waals surface area contributed by atoms with Crippen molar-refractivity contribution in [2.75, 3.05) is 7.05 Å². The van der Waals surface area contributed by atoms with Crippen molar-refractivity contribution >= 4 is 11.9 Å². The highest BCUT2D eigenvalue weighted by Crippen LogP contribution is 2.14. The maximum absolute atomic E-state index is 12.1. The molecule has 2 atom stereocenters.